The lowest BCUT2D eigenvalue weighted by Gasteiger charge is -2.29. The highest BCUT2D eigenvalue weighted by atomic mass is 79.9. The van der Waals surface area contributed by atoms with E-state index in [1.807, 2.05) is 19.9 Å². The lowest BCUT2D eigenvalue weighted by Crippen LogP contribution is -2.37. The molecule has 0 N–H and O–H groups in total. The smallest absolute Gasteiger partial charge is 0.379 e. The zero-order chi connectivity index (χ0) is 25.8. The van der Waals surface area contributed by atoms with Crippen LogP contribution in [0.2, 0.25) is 0 Å². The van der Waals surface area contributed by atoms with E-state index in [2.05, 4.69) is 15.9 Å². The Morgan fingerprint density at radius 2 is 1.69 bits per heavy atom. The summed E-state index contributed by atoms with van der Waals surface area (Å²) in [6.07, 6.45) is -3.95. The molecule has 35 heavy (non-hydrogen) atoms. The number of carbonyl (C=O) groups is 1. The number of nitrogens with zero attached hydrogens (tertiary/aromatic N) is 1. The minimum atomic E-state index is -4.68. The highest BCUT2D eigenvalue weighted by Gasteiger charge is 2.32. The Labute approximate surface area is 210 Å². The van der Waals surface area contributed by atoms with E-state index < -0.39 is 26.8 Å². The molecule has 3 aromatic carbocycles. The van der Waals surface area contributed by atoms with Crippen LogP contribution in [0.15, 0.2) is 82.2 Å². The molecule has 3 rings (SSSR count). The number of carbonyl (C=O) groups excluding carboxylic acids is 1. The predicted octanol–water partition coefficient (Wildman–Crippen LogP) is 6.68. The van der Waals surface area contributed by atoms with Crippen LogP contribution >= 0.6 is 15.9 Å². The highest BCUT2D eigenvalue weighted by molar-refractivity contribution is 9.10. The number of amides is 1. The summed E-state index contributed by atoms with van der Waals surface area (Å²) >= 11 is 3.37. The van der Waals surface area contributed by atoms with E-state index in [1.165, 1.54) is 12.1 Å². The fraction of sp³-hybridized carbons (Fsp3) is 0.240. The van der Waals surface area contributed by atoms with Crippen LogP contribution in [0.1, 0.15) is 41.8 Å². The number of benzene rings is 3. The maximum atomic E-state index is 13.1. The fourth-order valence-corrected chi connectivity index (χ4v) is 4.66. The number of rotatable bonds is 8. The molecule has 1 unspecified atom stereocenters. The normalized spacial score (nSPS) is 12.7. The van der Waals surface area contributed by atoms with E-state index in [-0.39, 0.29) is 24.2 Å². The Kier molecular flexibility index (Phi) is 8.27. The van der Waals surface area contributed by atoms with Gasteiger partial charge in [0.15, 0.2) is 0 Å². The number of hydrogen-bond donors (Lipinski definition) is 0. The van der Waals surface area contributed by atoms with Crippen molar-refractivity contribution in [3.05, 3.63) is 94.0 Å². The maximum Gasteiger partial charge on any atom is 0.416 e. The molecular formula is C25H23BrF3NO4S. The molecule has 0 aliphatic rings. The van der Waals surface area contributed by atoms with Gasteiger partial charge in [0.25, 0.3) is 5.91 Å². The molecule has 0 aliphatic heterocycles. The van der Waals surface area contributed by atoms with E-state index in [0.717, 1.165) is 34.7 Å². The maximum absolute atomic E-state index is 13.1. The first-order valence-corrected chi connectivity index (χ1v) is 12.9. The summed E-state index contributed by atoms with van der Waals surface area (Å²) in [6, 6.07) is 16.4. The minimum Gasteiger partial charge on any atom is -0.379 e. The predicted molar refractivity (Wildman–Crippen MR) is 129 cm³/mol. The summed E-state index contributed by atoms with van der Waals surface area (Å²) < 4.78 is 69.6. The number of hydrogen-bond acceptors (Lipinski definition) is 4. The van der Waals surface area contributed by atoms with Gasteiger partial charge in [-0.25, -0.2) is 0 Å². The zero-order valence-electron chi connectivity index (χ0n) is 18.9. The van der Waals surface area contributed by atoms with E-state index in [1.54, 1.807) is 35.2 Å². The molecule has 0 aliphatic carbocycles. The summed E-state index contributed by atoms with van der Waals surface area (Å²) in [5.74, 6) is -0.201. The third-order valence-electron chi connectivity index (χ3n) is 5.39. The van der Waals surface area contributed by atoms with Gasteiger partial charge in [-0.15, -0.1) is 0 Å². The van der Waals surface area contributed by atoms with Crippen molar-refractivity contribution in [1.29, 1.82) is 0 Å². The zero-order valence-corrected chi connectivity index (χ0v) is 21.3. The van der Waals surface area contributed by atoms with Crippen LogP contribution in [-0.2, 0) is 22.8 Å². The third kappa shape index (κ3) is 6.85. The molecular weight excluding hydrogens is 547 g/mol. The number of alkyl halides is 3. The Bertz CT molecular complexity index is 1290. The van der Waals surface area contributed by atoms with Crippen molar-refractivity contribution in [2.24, 2.45) is 0 Å². The topological polar surface area (TPSA) is 63.7 Å². The molecule has 5 nitrogen and oxygen atoms in total. The average molecular weight is 570 g/mol. The molecule has 0 saturated heterocycles. The summed E-state index contributed by atoms with van der Waals surface area (Å²) in [5, 5.41) is 0. The molecule has 0 aromatic heterocycles. The minimum absolute atomic E-state index is 0.0560. The Hall–Kier alpha value is -2.85. The van der Waals surface area contributed by atoms with Gasteiger partial charge >= 0.3 is 16.3 Å². The second-order valence-electron chi connectivity index (χ2n) is 7.91. The van der Waals surface area contributed by atoms with Crippen molar-refractivity contribution >= 4 is 32.0 Å². The molecule has 0 fully saturated rings. The van der Waals surface area contributed by atoms with Crippen molar-refractivity contribution in [1.82, 2.24) is 4.90 Å². The third-order valence-corrected chi connectivity index (χ3v) is 7.12. The molecule has 0 bridgehead atoms. The van der Waals surface area contributed by atoms with Crippen LogP contribution in [0, 0.1) is 0 Å². The van der Waals surface area contributed by atoms with Gasteiger partial charge in [0.2, 0.25) is 0 Å². The van der Waals surface area contributed by atoms with Gasteiger partial charge in [0.05, 0.1) is 5.56 Å². The summed E-state index contributed by atoms with van der Waals surface area (Å²) in [5.41, 5.74) is 0.182. The molecule has 0 saturated carbocycles. The summed E-state index contributed by atoms with van der Waals surface area (Å²) in [4.78, 5) is 14.3. The second-order valence-corrected chi connectivity index (χ2v) is 10.4. The first kappa shape index (κ1) is 26.7. The lowest BCUT2D eigenvalue weighted by molar-refractivity contribution is -0.137. The lowest BCUT2D eigenvalue weighted by atomic mass is 10.1. The highest BCUT2D eigenvalue weighted by Crippen LogP contribution is 2.31. The molecule has 0 spiro atoms. The Balaban J connectivity index is 1.78. The molecule has 1 amide bonds. The van der Waals surface area contributed by atoms with Gasteiger partial charge in [0, 0.05) is 22.6 Å². The van der Waals surface area contributed by atoms with E-state index in [0.29, 0.717) is 11.6 Å². The van der Waals surface area contributed by atoms with Crippen LogP contribution in [0.3, 0.4) is 0 Å². The quantitative estimate of drug-likeness (QED) is 0.284. The van der Waals surface area contributed by atoms with Crippen LogP contribution < -0.4 is 4.18 Å². The van der Waals surface area contributed by atoms with Crippen molar-refractivity contribution in [2.75, 3.05) is 0 Å². The largest absolute Gasteiger partial charge is 0.416 e. The van der Waals surface area contributed by atoms with Crippen molar-refractivity contribution in [2.45, 2.75) is 43.9 Å². The van der Waals surface area contributed by atoms with Crippen molar-refractivity contribution < 1.29 is 30.6 Å². The molecule has 0 radical (unpaired) electrons. The second kappa shape index (κ2) is 10.8. The summed E-state index contributed by atoms with van der Waals surface area (Å²) in [7, 11) is -4.47. The molecule has 10 heteroatoms. The average Bonchev–Trinajstić information content (AvgIpc) is 2.82. The van der Waals surface area contributed by atoms with Gasteiger partial charge in [-0.3, -0.25) is 4.79 Å². The number of halogens is 4. The standard InChI is InChI=1S/C25H23BrF3NO4S/c1-3-17(2)30(24(31)19-6-4-8-21(26)14-19)16-18-10-12-22(13-11-18)34-35(32,33)23-9-5-7-20(15-23)25(27,28)29/h4-15,17H,3,16H2,1-2H3. The van der Waals surface area contributed by atoms with E-state index >= 15 is 0 Å². The fourth-order valence-electron chi connectivity index (χ4n) is 3.29. The van der Waals surface area contributed by atoms with Gasteiger partial charge in [-0.2, -0.15) is 21.6 Å². The molecule has 186 valence electrons. The van der Waals surface area contributed by atoms with E-state index in [4.69, 9.17) is 4.18 Å². The molecule has 1 atom stereocenters. The van der Waals surface area contributed by atoms with Gasteiger partial charge in [-0.05, 0) is 67.4 Å². The van der Waals surface area contributed by atoms with Gasteiger partial charge in [-0.1, -0.05) is 47.1 Å². The molecule has 0 heterocycles. The van der Waals surface area contributed by atoms with Crippen LogP contribution in [0.5, 0.6) is 5.75 Å². The van der Waals surface area contributed by atoms with Crippen molar-refractivity contribution in [3.8, 4) is 5.75 Å². The van der Waals surface area contributed by atoms with Crippen LogP contribution in [0.4, 0.5) is 13.2 Å². The van der Waals surface area contributed by atoms with Crippen LogP contribution in [-0.4, -0.2) is 25.3 Å². The van der Waals surface area contributed by atoms with Gasteiger partial charge in [0.1, 0.15) is 10.6 Å². The first-order chi connectivity index (χ1) is 16.4. The monoisotopic (exact) mass is 569 g/mol. The Morgan fingerprint density at radius 1 is 1.03 bits per heavy atom. The Morgan fingerprint density at radius 3 is 2.29 bits per heavy atom. The van der Waals surface area contributed by atoms with Gasteiger partial charge < -0.3 is 9.08 Å². The van der Waals surface area contributed by atoms with Crippen molar-refractivity contribution in [3.63, 3.8) is 0 Å². The SMILES string of the molecule is CCC(C)N(Cc1ccc(OS(=O)(=O)c2cccc(C(F)(F)F)c2)cc1)C(=O)c1cccc(Br)c1. The molecule has 3 aromatic rings. The van der Waals surface area contributed by atoms with Crippen LogP contribution in [0.25, 0.3) is 0 Å². The summed E-state index contributed by atoms with van der Waals surface area (Å²) in [6.45, 7) is 4.19. The van der Waals surface area contributed by atoms with E-state index in [9.17, 15) is 26.4 Å². The first-order valence-electron chi connectivity index (χ1n) is 10.7.